The average Bonchev–Trinajstić information content (AvgIpc) is 3.40. The Hall–Kier alpha value is -2.97. The van der Waals surface area contributed by atoms with E-state index >= 15 is 0 Å². The van der Waals surface area contributed by atoms with Gasteiger partial charge >= 0.3 is 12.2 Å². The molecular weight excluding hydrogens is 354 g/mol. The van der Waals surface area contributed by atoms with E-state index in [4.69, 9.17) is 14.3 Å². The largest absolute Gasteiger partial charge is 0.493 e. The summed E-state index contributed by atoms with van der Waals surface area (Å²) in [6, 6.07) is 5.00. The number of piperazine rings is 1. The number of ether oxygens (including phenoxy) is 1. The first kappa shape index (κ1) is 17.4. The van der Waals surface area contributed by atoms with Crippen molar-refractivity contribution in [2.45, 2.75) is 31.2 Å². The normalized spacial score (nSPS) is 20.1. The number of oxazole rings is 1. The summed E-state index contributed by atoms with van der Waals surface area (Å²) in [5, 5.41) is 18.5. The molecule has 0 radical (unpaired) electrons. The Kier molecular flexibility index (Phi) is 4.51. The summed E-state index contributed by atoms with van der Waals surface area (Å²) in [5.41, 5.74) is 1.47. The molecule has 1 atom stereocenters. The van der Waals surface area contributed by atoms with Crippen LogP contribution in [0.2, 0.25) is 0 Å². The topological polar surface area (TPSA) is 116 Å². The van der Waals surface area contributed by atoms with Gasteiger partial charge in [0.25, 0.3) is 0 Å². The van der Waals surface area contributed by atoms with Gasteiger partial charge in [-0.25, -0.2) is 14.6 Å². The quantitative estimate of drug-likeness (QED) is 0.825. The van der Waals surface area contributed by atoms with Crippen LogP contribution in [0.5, 0.6) is 5.75 Å². The van der Waals surface area contributed by atoms with Crippen molar-refractivity contribution in [3.8, 4) is 5.75 Å². The highest BCUT2D eigenvalue weighted by Crippen LogP contribution is 2.40. The fourth-order valence-corrected chi connectivity index (χ4v) is 3.36. The van der Waals surface area contributed by atoms with Gasteiger partial charge in [0.15, 0.2) is 11.5 Å². The molecule has 2 N–H and O–H groups in total. The van der Waals surface area contributed by atoms with Crippen LogP contribution in [0.25, 0.3) is 11.1 Å². The summed E-state index contributed by atoms with van der Waals surface area (Å²) in [7, 11) is 0. The van der Waals surface area contributed by atoms with Crippen molar-refractivity contribution in [3.63, 3.8) is 0 Å². The van der Waals surface area contributed by atoms with Crippen LogP contribution in [-0.4, -0.2) is 69.5 Å². The van der Waals surface area contributed by atoms with E-state index in [-0.39, 0.29) is 26.2 Å². The van der Waals surface area contributed by atoms with Gasteiger partial charge in [-0.2, -0.15) is 0 Å². The summed E-state index contributed by atoms with van der Waals surface area (Å²) in [5.74, 6) is 1.84. The van der Waals surface area contributed by atoms with E-state index in [2.05, 4.69) is 4.98 Å². The molecule has 4 rings (SSSR count). The second-order valence-electron chi connectivity index (χ2n) is 6.95. The molecule has 1 aromatic heterocycles. The minimum atomic E-state index is -1.04. The molecule has 1 aliphatic carbocycles. The first-order valence-electron chi connectivity index (χ1n) is 9.02. The third kappa shape index (κ3) is 3.76. The molecule has 2 aliphatic rings. The molecule has 144 valence electrons. The van der Waals surface area contributed by atoms with E-state index in [9.17, 15) is 14.7 Å². The minimum Gasteiger partial charge on any atom is -0.493 e. The summed E-state index contributed by atoms with van der Waals surface area (Å²) in [6.07, 6.45) is 0.562. The maximum atomic E-state index is 11.4. The van der Waals surface area contributed by atoms with Crippen LogP contribution in [0.4, 0.5) is 9.59 Å². The Morgan fingerprint density at radius 3 is 2.74 bits per heavy atom. The lowest BCUT2D eigenvalue weighted by molar-refractivity contribution is 0.0562. The molecule has 2 fully saturated rings. The van der Waals surface area contributed by atoms with Gasteiger partial charge in [0.05, 0.1) is 12.6 Å². The van der Waals surface area contributed by atoms with Crippen molar-refractivity contribution in [1.29, 1.82) is 0 Å². The van der Waals surface area contributed by atoms with Crippen molar-refractivity contribution in [2.24, 2.45) is 0 Å². The smallest absolute Gasteiger partial charge is 0.407 e. The number of aromatic nitrogens is 1. The number of hydrogen-bond acceptors (Lipinski definition) is 5. The molecule has 1 aromatic carbocycles. The first-order valence-corrected chi connectivity index (χ1v) is 9.02. The molecule has 2 heterocycles. The van der Waals surface area contributed by atoms with Crippen molar-refractivity contribution in [3.05, 3.63) is 24.1 Å². The fraction of sp³-hybridized carbons (Fsp3) is 0.500. The summed E-state index contributed by atoms with van der Waals surface area (Å²) in [4.78, 5) is 29.6. The van der Waals surface area contributed by atoms with Gasteiger partial charge < -0.3 is 29.2 Å². The number of hydrogen-bond donors (Lipinski definition) is 2. The van der Waals surface area contributed by atoms with Crippen molar-refractivity contribution < 1.29 is 29.0 Å². The molecule has 0 unspecified atom stereocenters. The van der Waals surface area contributed by atoms with Crippen molar-refractivity contribution in [1.82, 2.24) is 14.8 Å². The molecule has 2 aromatic rings. The Morgan fingerprint density at radius 1 is 1.22 bits per heavy atom. The number of nitrogens with zero attached hydrogens (tertiary/aromatic N) is 3. The number of rotatable bonds is 5. The van der Waals surface area contributed by atoms with Crippen LogP contribution in [0.15, 0.2) is 22.6 Å². The lowest BCUT2D eigenvalue weighted by Gasteiger charge is -2.38. The molecule has 0 bridgehead atoms. The summed E-state index contributed by atoms with van der Waals surface area (Å²) < 4.78 is 11.5. The maximum absolute atomic E-state index is 11.4. The van der Waals surface area contributed by atoms with Crippen LogP contribution in [0.3, 0.4) is 0 Å². The predicted octanol–water partition coefficient (Wildman–Crippen LogP) is 2.82. The highest BCUT2D eigenvalue weighted by molar-refractivity contribution is 5.74. The lowest BCUT2D eigenvalue weighted by atomic mass is 10.1. The molecule has 1 saturated carbocycles. The molecule has 1 saturated heterocycles. The SMILES string of the molecule is O=C(O)N1CCN(C(=O)O)[C@H](CCOc2ccc3oc(C4CC4)nc3c2)C1. The van der Waals surface area contributed by atoms with Crippen LogP contribution in [0.1, 0.15) is 31.1 Å². The number of carboxylic acid groups (broad SMARTS) is 2. The standard InChI is InChI=1S/C18H21N3O6/c22-17(23)20-6-7-21(18(24)25)12(10-20)5-8-26-13-3-4-15-14(9-13)19-16(27-15)11-1-2-11/h3-4,9,11-12H,1-2,5-8,10H2,(H,22,23)(H,24,25)/t12-/m1/s1. The monoisotopic (exact) mass is 375 g/mol. The Balaban J connectivity index is 1.37. The van der Waals surface area contributed by atoms with Crippen molar-refractivity contribution in [2.75, 3.05) is 26.2 Å². The third-order valence-electron chi connectivity index (χ3n) is 5.02. The molecular formula is C18H21N3O6. The van der Waals surface area contributed by atoms with Gasteiger partial charge in [-0.05, 0) is 25.0 Å². The van der Waals surface area contributed by atoms with E-state index in [0.29, 0.717) is 18.1 Å². The highest BCUT2D eigenvalue weighted by Gasteiger charge is 2.32. The van der Waals surface area contributed by atoms with Gasteiger partial charge in [-0.1, -0.05) is 0 Å². The molecule has 9 nitrogen and oxygen atoms in total. The van der Waals surface area contributed by atoms with E-state index in [1.807, 2.05) is 12.1 Å². The average molecular weight is 375 g/mol. The zero-order valence-electron chi connectivity index (χ0n) is 14.7. The van der Waals surface area contributed by atoms with Crippen LogP contribution in [0, 0.1) is 0 Å². The summed E-state index contributed by atoms with van der Waals surface area (Å²) >= 11 is 0. The van der Waals surface area contributed by atoms with Crippen LogP contribution >= 0.6 is 0 Å². The highest BCUT2D eigenvalue weighted by atomic mass is 16.5. The Labute approximate surface area is 155 Å². The zero-order valence-corrected chi connectivity index (χ0v) is 14.7. The predicted molar refractivity (Wildman–Crippen MR) is 94.2 cm³/mol. The zero-order chi connectivity index (χ0) is 19.0. The van der Waals surface area contributed by atoms with E-state index in [1.54, 1.807) is 6.07 Å². The second-order valence-corrected chi connectivity index (χ2v) is 6.95. The molecule has 2 amide bonds. The van der Waals surface area contributed by atoms with Crippen molar-refractivity contribution >= 4 is 23.3 Å². The number of fused-ring (bicyclic) bond motifs is 1. The Bertz CT molecular complexity index is 862. The van der Waals surface area contributed by atoms with Gasteiger partial charge in [0.2, 0.25) is 0 Å². The number of amides is 2. The maximum Gasteiger partial charge on any atom is 0.407 e. The molecule has 27 heavy (non-hydrogen) atoms. The van der Waals surface area contributed by atoms with E-state index in [0.717, 1.165) is 29.8 Å². The Morgan fingerprint density at radius 2 is 2.04 bits per heavy atom. The molecule has 0 spiro atoms. The third-order valence-corrected chi connectivity index (χ3v) is 5.02. The fourth-order valence-electron chi connectivity index (χ4n) is 3.36. The van der Waals surface area contributed by atoms with Crippen LogP contribution in [-0.2, 0) is 0 Å². The van der Waals surface area contributed by atoms with Gasteiger partial charge in [-0.15, -0.1) is 0 Å². The van der Waals surface area contributed by atoms with Gasteiger partial charge in [0.1, 0.15) is 11.3 Å². The number of carbonyl (C=O) groups is 2. The first-order chi connectivity index (χ1) is 13.0. The number of benzene rings is 1. The molecule has 9 heteroatoms. The summed E-state index contributed by atoms with van der Waals surface area (Å²) in [6.45, 7) is 0.783. The van der Waals surface area contributed by atoms with E-state index in [1.165, 1.54) is 9.80 Å². The van der Waals surface area contributed by atoms with E-state index < -0.39 is 18.2 Å². The molecule has 1 aliphatic heterocycles. The van der Waals surface area contributed by atoms with Gasteiger partial charge in [0, 0.05) is 38.0 Å². The van der Waals surface area contributed by atoms with Crippen LogP contribution < -0.4 is 4.74 Å². The minimum absolute atomic E-state index is 0.151. The van der Waals surface area contributed by atoms with Gasteiger partial charge in [-0.3, -0.25) is 0 Å². The second kappa shape index (κ2) is 6.98. The lowest BCUT2D eigenvalue weighted by Crippen LogP contribution is -2.56.